The van der Waals surface area contributed by atoms with Gasteiger partial charge in [0.2, 0.25) is 0 Å². The zero-order valence-electron chi connectivity index (χ0n) is 18.1. The fourth-order valence-corrected chi connectivity index (χ4v) is 3.68. The Bertz CT molecular complexity index is 253. The maximum absolute atomic E-state index is 3.91. The van der Waals surface area contributed by atoms with Crippen molar-refractivity contribution in [3.05, 3.63) is 26.0 Å². The van der Waals surface area contributed by atoms with E-state index in [0.717, 1.165) is 12.8 Å². The van der Waals surface area contributed by atoms with Gasteiger partial charge in [-0.25, -0.2) is 0 Å². The Hall–Kier alpha value is -0.260. The standard InChI is InChI=1S/C26H50/c1-3-5-7-9-11-13-15-17-19-21-23-25-26-24-22-20-18-16-14-12-10-8-6-4-2/h5,7H,1-4,6,8-26H2/b7-5+. The van der Waals surface area contributed by atoms with E-state index in [1.54, 1.807) is 0 Å². The first-order valence-electron chi connectivity index (χ1n) is 12.1. The number of hydrogen-bond acceptors (Lipinski definition) is 0. The van der Waals surface area contributed by atoms with Gasteiger partial charge in [-0.3, -0.25) is 0 Å². The van der Waals surface area contributed by atoms with Crippen LogP contribution in [0, 0.1) is 13.8 Å². The summed E-state index contributed by atoms with van der Waals surface area (Å²) < 4.78 is 0. The molecule has 0 saturated heterocycles. The molecular formula is C26H50. The normalized spacial score (nSPS) is 11.6. The van der Waals surface area contributed by atoms with Crippen LogP contribution >= 0.6 is 0 Å². The number of allylic oxidation sites excluding steroid dienone is 2. The van der Waals surface area contributed by atoms with Gasteiger partial charge in [-0.1, -0.05) is 141 Å². The molecule has 0 aliphatic rings. The van der Waals surface area contributed by atoms with Crippen molar-refractivity contribution in [2.75, 3.05) is 0 Å². The summed E-state index contributed by atoms with van der Waals surface area (Å²) in [4.78, 5) is 0. The van der Waals surface area contributed by atoms with E-state index in [1.165, 1.54) is 128 Å². The van der Waals surface area contributed by atoms with Crippen molar-refractivity contribution < 1.29 is 0 Å². The van der Waals surface area contributed by atoms with Crippen molar-refractivity contribution in [1.29, 1.82) is 0 Å². The van der Waals surface area contributed by atoms with Crippen LogP contribution < -0.4 is 0 Å². The van der Waals surface area contributed by atoms with E-state index >= 15 is 0 Å². The Labute approximate surface area is 167 Å². The number of hydrogen-bond donors (Lipinski definition) is 0. The predicted octanol–water partition coefficient (Wildman–Crippen LogP) is 9.79. The van der Waals surface area contributed by atoms with Gasteiger partial charge in [-0.05, 0) is 26.2 Å². The minimum atomic E-state index is 0.942. The lowest BCUT2D eigenvalue weighted by Crippen LogP contribution is -1.84. The lowest BCUT2D eigenvalue weighted by Gasteiger charge is -2.04. The summed E-state index contributed by atoms with van der Waals surface area (Å²) >= 11 is 0. The molecule has 0 unspecified atom stereocenters. The van der Waals surface area contributed by atoms with Crippen molar-refractivity contribution >= 4 is 0 Å². The summed E-state index contributed by atoms with van der Waals surface area (Å²) in [7, 11) is 0. The first-order chi connectivity index (χ1) is 12.9. The molecule has 0 heteroatoms. The van der Waals surface area contributed by atoms with Crippen molar-refractivity contribution in [1.82, 2.24) is 0 Å². The van der Waals surface area contributed by atoms with Gasteiger partial charge in [0.15, 0.2) is 0 Å². The maximum Gasteiger partial charge on any atom is -0.0351 e. The van der Waals surface area contributed by atoms with E-state index in [4.69, 9.17) is 0 Å². The highest BCUT2D eigenvalue weighted by molar-refractivity contribution is 4.81. The van der Waals surface area contributed by atoms with E-state index in [1.807, 2.05) is 0 Å². The topological polar surface area (TPSA) is 0 Å². The van der Waals surface area contributed by atoms with Crippen LogP contribution in [0.15, 0.2) is 12.2 Å². The smallest absolute Gasteiger partial charge is 0.0351 e. The van der Waals surface area contributed by atoms with Crippen LogP contribution in [-0.4, -0.2) is 0 Å². The van der Waals surface area contributed by atoms with Crippen LogP contribution in [0.3, 0.4) is 0 Å². The van der Waals surface area contributed by atoms with Gasteiger partial charge >= 0.3 is 0 Å². The zero-order chi connectivity index (χ0) is 19.0. The molecule has 0 aliphatic heterocycles. The van der Waals surface area contributed by atoms with E-state index in [0.29, 0.717) is 0 Å². The third-order valence-corrected chi connectivity index (χ3v) is 5.45. The molecule has 0 atom stereocenters. The third-order valence-electron chi connectivity index (χ3n) is 5.45. The highest BCUT2D eigenvalue weighted by Crippen LogP contribution is 2.15. The van der Waals surface area contributed by atoms with E-state index < -0.39 is 0 Å². The molecule has 0 spiro atoms. The molecule has 0 saturated carbocycles. The fraction of sp³-hybridized carbons (Fsp3) is 0.846. The Morgan fingerprint density at radius 2 is 0.654 bits per heavy atom. The maximum atomic E-state index is 3.91. The zero-order valence-corrected chi connectivity index (χ0v) is 18.1. The van der Waals surface area contributed by atoms with E-state index in [9.17, 15) is 0 Å². The summed E-state index contributed by atoms with van der Waals surface area (Å²) in [5.74, 6) is 0. The van der Waals surface area contributed by atoms with Crippen LogP contribution in [0.5, 0.6) is 0 Å². The summed E-state index contributed by atoms with van der Waals surface area (Å²) in [5.41, 5.74) is 0. The molecule has 0 nitrogen and oxygen atoms in total. The van der Waals surface area contributed by atoms with Crippen LogP contribution in [-0.2, 0) is 0 Å². The molecule has 0 aromatic carbocycles. The molecule has 0 amide bonds. The van der Waals surface area contributed by atoms with Gasteiger partial charge in [0, 0.05) is 0 Å². The second-order valence-electron chi connectivity index (χ2n) is 8.12. The summed E-state index contributed by atoms with van der Waals surface area (Å²) in [5, 5.41) is 0. The van der Waals surface area contributed by atoms with Crippen molar-refractivity contribution in [2.24, 2.45) is 0 Å². The van der Waals surface area contributed by atoms with Crippen molar-refractivity contribution in [2.45, 2.75) is 141 Å². The van der Waals surface area contributed by atoms with E-state index in [2.05, 4.69) is 26.0 Å². The van der Waals surface area contributed by atoms with Gasteiger partial charge in [0.25, 0.3) is 0 Å². The summed E-state index contributed by atoms with van der Waals surface area (Å²) in [6, 6.07) is 0. The molecule has 154 valence electrons. The molecule has 0 aliphatic carbocycles. The van der Waals surface area contributed by atoms with Gasteiger partial charge in [0.05, 0.1) is 0 Å². The van der Waals surface area contributed by atoms with Gasteiger partial charge < -0.3 is 0 Å². The SMILES string of the molecule is [CH2]C/C=C/CCCCCCCCCCCCCCCCCCCCC[CH2]. The van der Waals surface area contributed by atoms with Gasteiger partial charge in [-0.2, -0.15) is 0 Å². The molecule has 0 fully saturated rings. The molecular weight excluding hydrogens is 312 g/mol. The number of unbranched alkanes of at least 4 members (excludes halogenated alkanes) is 20. The largest absolute Gasteiger partial charge is 0.0885 e. The van der Waals surface area contributed by atoms with Gasteiger partial charge in [-0.15, -0.1) is 0 Å². The predicted molar refractivity (Wildman–Crippen MR) is 121 cm³/mol. The van der Waals surface area contributed by atoms with Crippen molar-refractivity contribution in [3.63, 3.8) is 0 Å². The lowest BCUT2D eigenvalue weighted by molar-refractivity contribution is 0.522. The minimum Gasteiger partial charge on any atom is -0.0885 e. The average Bonchev–Trinajstić information content (AvgIpc) is 2.66. The number of rotatable bonds is 22. The summed E-state index contributed by atoms with van der Waals surface area (Å²) in [6.45, 7) is 7.73. The molecule has 0 aromatic rings. The average molecular weight is 363 g/mol. The second kappa shape index (κ2) is 24.7. The lowest BCUT2D eigenvalue weighted by atomic mass is 10.0. The second-order valence-corrected chi connectivity index (χ2v) is 8.12. The molecule has 0 N–H and O–H groups in total. The molecule has 2 radical (unpaired) electrons. The first-order valence-corrected chi connectivity index (χ1v) is 12.1. The summed E-state index contributed by atoms with van der Waals surface area (Å²) in [6.07, 6.45) is 35.3. The minimum absolute atomic E-state index is 0.942. The molecule has 26 heavy (non-hydrogen) atoms. The monoisotopic (exact) mass is 362 g/mol. The molecule has 0 aromatic heterocycles. The van der Waals surface area contributed by atoms with Gasteiger partial charge in [0.1, 0.15) is 0 Å². The van der Waals surface area contributed by atoms with Crippen molar-refractivity contribution in [3.8, 4) is 0 Å². The Morgan fingerprint density at radius 1 is 0.346 bits per heavy atom. The molecule has 0 rings (SSSR count). The van der Waals surface area contributed by atoms with Crippen LogP contribution in [0.25, 0.3) is 0 Å². The Balaban J connectivity index is 2.98. The Morgan fingerprint density at radius 3 is 0.962 bits per heavy atom. The highest BCUT2D eigenvalue weighted by Gasteiger charge is 1.95. The first kappa shape index (κ1) is 25.7. The fourth-order valence-electron chi connectivity index (χ4n) is 3.68. The Kier molecular flexibility index (Phi) is 24.5. The van der Waals surface area contributed by atoms with Crippen LogP contribution in [0.1, 0.15) is 141 Å². The third kappa shape index (κ3) is 23.7. The highest BCUT2D eigenvalue weighted by atomic mass is 14.0. The molecule has 0 bridgehead atoms. The van der Waals surface area contributed by atoms with Crippen LogP contribution in [0.4, 0.5) is 0 Å². The molecule has 0 heterocycles. The van der Waals surface area contributed by atoms with Crippen LogP contribution in [0.2, 0.25) is 0 Å². The van der Waals surface area contributed by atoms with E-state index in [-0.39, 0.29) is 0 Å². The quantitative estimate of drug-likeness (QED) is 0.133.